The SMILES string of the molecule is O=C([O-])C1CC2CC(Sc3ccc4ccccc4c3)C1C2.O=C([O-])C1CC2CC(Sc3ccc4ccccc4c3)C1C2.O=C([O-])C1CC2CC(Sc3ccc4ccccc4c3)C1C2.[Al+3]. The first-order chi connectivity index (χ1) is 30.6. The van der Waals surface area contributed by atoms with E-state index in [4.69, 9.17) is 0 Å². The molecular formula is C54H51AlO6S3. The van der Waals surface area contributed by atoms with Gasteiger partial charge in [0, 0.05) is 66.1 Å². The van der Waals surface area contributed by atoms with Gasteiger partial charge in [0.1, 0.15) is 0 Å². The van der Waals surface area contributed by atoms with E-state index in [2.05, 4.69) is 127 Å². The van der Waals surface area contributed by atoms with E-state index in [1.54, 1.807) is 0 Å². The molecule has 0 spiro atoms. The summed E-state index contributed by atoms with van der Waals surface area (Å²) in [7, 11) is 0. The molecule has 6 aromatic rings. The molecule has 0 amide bonds. The topological polar surface area (TPSA) is 120 Å². The molecule has 0 aromatic heterocycles. The van der Waals surface area contributed by atoms with Gasteiger partial charge in [0.15, 0.2) is 0 Å². The van der Waals surface area contributed by atoms with Crippen LogP contribution in [-0.4, -0.2) is 51.0 Å². The van der Waals surface area contributed by atoms with Crippen molar-refractivity contribution in [2.24, 2.45) is 53.3 Å². The molecule has 64 heavy (non-hydrogen) atoms. The van der Waals surface area contributed by atoms with E-state index in [9.17, 15) is 29.7 Å². The van der Waals surface area contributed by atoms with Crippen molar-refractivity contribution in [3.8, 4) is 0 Å². The Hall–Kier alpha value is -3.91. The second-order valence-electron chi connectivity index (χ2n) is 19.0. The number of hydrogen-bond acceptors (Lipinski definition) is 9. The Balaban J connectivity index is 0.000000121. The zero-order valence-electron chi connectivity index (χ0n) is 35.7. The third kappa shape index (κ3) is 9.65. The molecule has 10 heteroatoms. The predicted molar refractivity (Wildman–Crippen MR) is 255 cm³/mol. The van der Waals surface area contributed by atoms with Gasteiger partial charge in [0.05, 0.1) is 0 Å². The fourth-order valence-corrected chi connectivity index (χ4v) is 16.9. The van der Waals surface area contributed by atoms with Crippen LogP contribution in [0.3, 0.4) is 0 Å². The van der Waals surface area contributed by atoms with Gasteiger partial charge in [-0.1, -0.05) is 91.0 Å². The molecule has 6 aliphatic carbocycles. The minimum atomic E-state index is -0.841. The van der Waals surface area contributed by atoms with E-state index in [1.807, 2.05) is 35.3 Å². The maximum atomic E-state index is 11.2. The molecule has 6 saturated carbocycles. The smallest absolute Gasteiger partial charge is 0.550 e. The Bertz CT molecular complexity index is 2380. The van der Waals surface area contributed by atoms with Gasteiger partial charge in [-0.05, 0) is 162 Å². The van der Waals surface area contributed by atoms with Crippen molar-refractivity contribution in [3.05, 3.63) is 127 Å². The Morgan fingerprint density at radius 1 is 0.359 bits per heavy atom. The maximum absolute atomic E-state index is 11.2. The molecule has 6 fully saturated rings. The zero-order chi connectivity index (χ0) is 43.2. The number of carboxylic acid groups (broad SMARTS) is 3. The summed E-state index contributed by atoms with van der Waals surface area (Å²) >= 11 is 5.58. The first-order valence-electron chi connectivity index (χ1n) is 22.7. The summed E-state index contributed by atoms with van der Waals surface area (Å²) in [6, 6.07) is 44.7. The summed E-state index contributed by atoms with van der Waals surface area (Å²) in [6.45, 7) is 0. The van der Waals surface area contributed by atoms with Gasteiger partial charge in [0.25, 0.3) is 0 Å². The first kappa shape index (κ1) is 45.3. The molecular weight excluding hydrogens is 868 g/mol. The summed E-state index contributed by atoms with van der Waals surface area (Å²) < 4.78 is 0. The van der Waals surface area contributed by atoms with Gasteiger partial charge in [-0.2, -0.15) is 0 Å². The van der Waals surface area contributed by atoms with Gasteiger partial charge >= 0.3 is 17.4 Å². The van der Waals surface area contributed by atoms with Crippen LogP contribution in [0.15, 0.2) is 142 Å². The van der Waals surface area contributed by atoms with Crippen molar-refractivity contribution in [2.75, 3.05) is 0 Å². The quantitative estimate of drug-likeness (QED) is 0.131. The van der Waals surface area contributed by atoms with Crippen LogP contribution in [0.4, 0.5) is 0 Å². The monoisotopic (exact) mass is 918 g/mol. The number of rotatable bonds is 9. The third-order valence-corrected chi connectivity index (χ3v) is 19.3. The van der Waals surface area contributed by atoms with E-state index in [1.165, 1.54) is 47.0 Å². The van der Waals surface area contributed by atoms with Crippen LogP contribution in [0, 0.1) is 53.3 Å². The fraction of sp³-hybridized carbons (Fsp3) is 0.389. The average Bonchev–Trinajstić information content (AvgIpc) is 4.17. The van der Waals surface area contributed by atoms with Crippen molar-refractivity contribution >= 4 is 103 Å². The Labute approximate surface area is 398 Å². The Kier molecular flexibility index (Phi) is 13.8. The normalized spacial score (nSPS) is 30.4. The van der Waals surface area contributed by atoms with Crippen LogP contribution in [0.25, 0.3) is 32.3 Å². The van der Waals surface area contributed by atoms with Crippen molar-refractivity contribution in [1.82, 2.24) is 0 Å². The molecule has 0 saturated heterocycles. The molecule has 12 atom stereocenters. The van der Waals surface area contributed by atoms with Gasteiger partial charge in [-0.25, -0.2) is 0 Å². The molecule has 6 bridgehead atoms. The standard InChI is InChI=1S/3C18H18O2S.Al/c3*19-18(20)16-8-11-7-15(16)17(9-11)21-14-6-5-12-3-1-2-4-13(12)10-14;/h3*1-6,10-11,15-17H,7-9H2,(H,19,20);/q;;;+3/p-3. The number of carbonyl (C=O) groups is 3. The van der Waals surface area contributed by atoms with Gasteiger partial charge in [-0.3, -0.25) is 0 Å². The number of aliphatic carboxylic acids is 3. The second kappa shape index (κ2) is 19.5. The largest absolute Gasteiger partial charge is 3.00 e. The molecule has 0 aliphatic heterocycles. The number of fused-ring (bicyclic) bond motifs is 9. The third-order valence-electron chi connectivity index (χ3n) is 15.2. The number of thioether (sulfide) groups is 3. The Morgan fingerprint density at radius 2 is 0.625 bits per heavy atom. The van der Waals surface area contributed by atoms with E-state index in [0.29, 0.717) is 51.3 Å². The van der Waals surface area contributed by atoms with Gasteiger partial charge in [0.2, 0.25) is 0 Å². The van der Waals surface area contributed by atoms with Crippen molar-refractivity contribution in [1.29, 1.82) is 0 Å². The van der Waals surface area contributed by atoms with Gasteiger partial charge < -0.3 is 29.7 Å². The minimum absolute atomic E-state index is 0. The molecule has 12 rings (SSSR count). The summed E-state index contributed by atoms with van der Waals surface area (Å²) in [5, 5.41) is 42.6. The molecule has 0 heterocycles. The van der Waals surface area contributed by atoms with E-state index < -0.39 is 17.9 Å². The maximum Gasteiger partial charge on any atom is 3.00 e. The van der Waals surface area contributed by atoms with Crippen LogP contribution >= 0.6 is 35.3 Å². The van der Waals surface area contributed by atoms with Crippen LogP contribution in [-0.2, 0) is 14.4 Å². The number of hydrogen-bond donors (Lipinski definition) is 0. The number of carbonyl (C=O) groups excluding carboxylic acids is 3. The van der Waals surface area contributed by atoms with Crippen LogP contribution in [0.5, 0.6) is 0 Å². The van der Waals surface area contributed by atoms with Crippen molar-refractivity contribution in [2.45, 2.75) is 88.2 Å². The van der Waals surface area contributed by atoms with E-state index in [-0.39, 0.29) is 35.1 Å². The summed E-state index contributed by atoms with van der Waals surface area (Å²) in [4.78, 5) is 37.5. The van der Waals surface area contributed by atoms with Crippen molar-refractivity contribution < 1.29 is 29.7 Å². The summed E-state index contributed by atoms with van der Waals surface area (Å²) in [6.07, 6.45) is 9.20. The first-order valence-corrected chi connectivity index (χ1v) is 25.3. The molecule has 324 valence electrons. The summed E-state index contributed by atoms with van der Waals surface area (Å²) in [5.41, 5.74) is 0. The van der Waals surface area contributed by atoms with Gasteiger partial charge in [-0.15, -0.1) is 35.3 Å². The fourth-order valence-electron chi connectivity index (χ4n) is 12.3. The van der Waals surface area contributed by atoms with E-state index in [0.717, 1.165) is 57.8 Å². The van der Waals surface area contributed by atoms with E-state index >= 15 is 0 Å². The molecule has 6 nitrogen and oxygen atoms in total. The van der Waals surface area contributed by atoms with Crippen LogP contribution in [0.2, 0.25) is 0 Å². The van der Waals surface area contributed by atoms with Crippen LogP contribution in [0.1, 0.15) is 57.8 Å². The number of benzene rings is 6. The molecule has 6 aromatic carbocycles. The summed E-state index contributed by atoms with van der Waals surface area (Å²) in [5.74, 6) is -0.499. The molecule has 12 unspecified atom stereocenters. The molecule has 0 radical (unpaired) electrons. The molecule has 0 N–H and O–H groups in total. The Morgan fingerprint density at radius 3 is 0.875 bits per heavy atom. The minimum Gasteiger partial charge on any atom is -0.550 e. The number of carboxylic acids is 3. The molecule has 6 aliphatic rings. The van der Waals surface area contributed by atoms with Crippen LogP contribution < -0.4 is 15.3 Å². The van der Waals surface area contributed by atoms with Crippen molar-refractivity contribution in [3.63, 3.8) is 0 Å². The zero-order valence-corrected chi connectivity index (χ0v) is 39.3. The average molecular weight is 919 g/mol. The second-order valence-corrected chi connectivity index (χ2v) is 22.9. The predicted octanol–water partition coefficient (Wildman–Crippen LogP) is 8.91.